The van der Waals surface area contributed by atoms with E-state index < -0.39 is 24.0 Å². The van der Waals surface area contributed by atoms with Crippen molar-refractivity contribution in [3.05, 3.63) is 23.8 Å². The molecule has 0 spiro atoms. The Balaban J connectivity index is 2.13. The van der Waals surface area contributed by atoms with Gasteiger partial charge in [-0.1, -0.05) is 18.1 Å². The number of halogens is 3. The number of carbonyl (C=O) groups excluding carboxylic acids is 1. The van der Waals surface area contributed by atoms with E-state index in [2.05, 4.69) is 5.16 Å². The van der Waals surface area contributed by atoms with Gasteiger partial charge in [0.05, 0.1) is 7.11 Å². The van der Waals surface area contributed by atoms with Gasteiger partial charge in [0.25, 0.3) is 0 Å². The fraction of sp³-hybridized carbons (Fsp3) is 0.467. The third-order valence-electron chi connectivity index (χ3n) is 3.23. The molecule has 0 radical (unpaired) electrons. The topological polar surface area (TPSA) is 57.1 Å². The fourth-order valence-corrected chi connectivity index (χ4v) is 2.07. The van der Waals surface area contributed by atoms with Gasteiger partial charge in [0, 0.05) is 12.8 Å². The van der Waals surface area contributed by atoms with Gasteiger partial charge in [0.1, 0.15) is 0 Å². The first-order valence-corrected chi connectivity index (χ1v) is 7.03. The summed E-state index contributed by atoms with van der Waals surface area (Å²) in [5.41, 5.74) is -0.500. The van der Waals surface area contributed by atoms with Crippen LogP contribution in [0.25, 0.3) is 0 Å². The summed E-state index contributed by atoms with van der Waals surface area (Å²) in [5, 5.41) is 3.08. The molecular weight excluding hydrogens is 315 g/mol. The van der Waals surface area contributed by atoms with Crippen molar-refractivity contribution in [1.82, 2.24) is 0 Å². The van der Waals surface area contributed by atoms with Gasteiger partial charge in [-0.05, 0) is 24.1 Å². The number of rotatable bonds is 5. The number of hydrogen-bond acceptors (Lipinski definition) is 5. The molecule has 0 aliphatic carbocycles. The summed E-state index contributed by atoms with van der Waals surface area (Å²) in [6.45, 7) is 1.84. The Labute approximate surface area is 131 Å². The predicted molar refractivity (Wildman–Crippen MR) is 75.5 cm³/mol. The highest BCUT2D eigenvalue weighted by Crippen LogP contribution is 2.37. The van der Waals surface area contributed by atoms with Gasteiger partial charge in [-0.15, -0.1) is 0 Å². The van der Waals surface area contributed by atoms with E-state index >= 15 is 0 Å². The molecule has 1 heterocycles. The van der Waals surface area contributed by atoms with Gasteiger partial charge >= 0.3 is 12.1 Å². The molecule has 5 nitrogen and oxygen atoms in total. The molecule has 126 valence electrons. The number of carbonyl (C=O) groups is 1. The maximum absolute atomic E-state index is 12.6. The lowest BCUT2D eigenvalue weighted by atomic mass is 10.0. The molecular formula is C15H16F3NO4. The molecule has 8 heteroatoms. The third-order valence-corrected chi connectivity index (χ3v) is 3.23. The number of hydrogen-bond donors (Lipinski definition) is 0. The summed E-state index contributed by atoms with van der Waals surface area (Å²) in [6.07, 6.45) is -4.82. The Morgan fingerprint density at radius 3 is 2.70 bits per heavy atom. The molecule has 0 aromatic heterocycles. The van der Waals surface area contributed by atoms with E-state index in [4.69, 9.17) is 14.3 Å². The number of alkyl halides is 3. The lowest BCUT2D eigenvalue weighted by Gasteiger charge is -2.13. The first-order chi connectivity index (χ1) is 10.8. The van der Waals surface area contributed by atoms with Crippen molar-refractivity contribution in [3.63, 3.8) is 0 Å². The van der Waals surface area contributed by atoms with Crippen LogP contribution in [0.3, 0.4) is 0 Å². The lowest BCUT2D eigenvalue weighted by Crippen LogP contribution is -2.21. The number of esters is 1. The summed E-state index contributed by atoms with van der Waals surface area (Å²) in [4.78, 5) is 16.4. The maximum Gasteiger partial charge on any atom is 0.432 e. The minimum Gasteiger partial charge on any atom is -0.493 e. The Hall–Kier alpha value is -2.25. The maximum atomic E-state index is 12.6. The third kappa shape index (κ3) is 4.14. The summed E-state index contributed by atoms with van der Waals surface area (Å²) >= 11 is 0. The van der Waals surface area contributed by atoms with Crippen LogP contribution in [0.1, 0.15) is 37.9 Å². The minimum absolute atomic E-state index is 0.213. The molecule has 23 heavy (non-hydrogen) atoms. The predicted octanol–water partition coefficient (Wildman–Crippen LogP) is 3.78. The van der Waals surface area contributed by atoms with Crippen LogP contribution < -0.4 is 9.47 Å². The standard InChI is InChI=1S/C15H16F3NO4/c1-3-4-14(20)22-10-6-5-9(7-12(10)21-2)11-8-13(19-23-11)15(16,17)18/h5-7,11H,3-4,8H2,1-2H3. The second-order valence-electron chi connectivity index (χ2n) is 4.97. The number of ether oxygens (including phenoxy) is 2. The van der Waals surface area contributed by atoms with Crippen LogP contribution in [-0.2, 0) is 9.63 Å². The van der Waals surface area contributed by atoms with Crippen molar-refractivity contribution >= 4 is 11.7 Å². The van der Waals surface area contributed by atoms with Crippen molar-refractivity contribution < 1.29 is 32.3 Å². The first kappa shape index (κ1) is 17.1. The van der Waals surface area contributed by atoms with E-state index in [0.717, 1.165) is 0 Å². The van der Waals surface area contributed by atoms with Crippen molar-refractivity contribution in [2.24, 2.45) is 5.16 Å². The molecule has 1 aliphatic rings. The average molecular weight is 331 g/mol. The zero-order chi connectivity index (χ0) is 17.0. The SMILES string of the molecule is CCCC(=O)Oc1ccc(C2CC(C(F)(F)F)=NO2)cc1OC. The molecule has 1 aromatic rings. The number of benzene rings is 1. The second-order valence-corrected chi connectivity index (χ2v) is 4.97. The van der Waals surface area contributed by atoms with E-state index in [-0.39, 0.29) is 24.3 Å². The van der Waals surface area contributed by atoms with Crippen molar-refractivity contribution in [1.29, 1.82) is 0 Å². The van der Waals surface area contributed by atoms with Gasteiger partial charge in [-0.2, -0.15) is 13.2 Å². The van der Waals surface area contributed by atoms with Gasteiger partial charge in [-0.3, -0.25) is 4.79 Å². The summed E-state index contributed by atoms with van der Waals surface area (Å²) < 4.78 is 48.0. The molecule has 1 unspecified atom stereocenters. The summed E-state index contributed by atoms with van der Waals surface area (Å²) in [7, 11) is 1.38. The zero-order valence-electron chi connectivity index (χ0n) is 12.6. The highest BCUT2D eigenvalue weighted by molar-refractivity contribution is 5.90. The van der Waals surface area contributed by atoms with Gasteiger partial charge in [0.2, 0.25) is 0 Å². The minimum atomic E-state index is -4.51. The van der Waals surface area contributed by atoms with Crippen LogP contribution in [0.2, 0.25) is 0 Å². The average Bonchev–Trinajstić information content (AvgIpc) is 2.98. The van der Waals surface area contributed by atoms with E-state index in [1.165, 1.54) is 25.3 Å². The Morgan fingerprint density at radius 2 is 2.13 bits per heavy atom. The van der Waals surface area contributed by atoms with Gasteiger partial charge < -0.3 is 14.3 Å². The quantitative estimate of drug-likeness (QED) is 0.608. The summed E-state index contributed by atoms with van der Waals surface area (Å²) in [6, 6.07) is 4.47. The smallest absolute Gasteiger partial charge is 0.432 e. The molecule has 0 amide bonds. The van der Waals surface area contributed by atoms with Crippen LogP contribution in [0.15, 0.2) is 23.4 Å². The molecule has 2 rings (SSSR count). The van der Waals surface area contributed by atoms with Crippen LogP contribution in [-0.4, -0.2) is 25.0 Å². The fourth-order valence-electron chi connectivity index (χ4n) is 2.07. The Morgan fingerprint density at radius 1 is 1.39 bits per heavy atom. The first-order valence-electron chi connectivity index (χ1n) is 7.03. The number of nitrogens with zero attached hydrogens (tertiary/aromatic N) is 1. The van der Waals surface area contributed by atoms with Crippen LogP contribution in [0, 0.1) is 0 Å². The van der Waals surface area contributed by atoms with Gasteiger partial charge in [0.15, 0.2) is 23.3 Å². The molecule has 1 atom stereocenters. The van der Waals surface area contributed by atoms with Gasteiger partial charge in [-0.25, -0.2) is 0 Å². The monoisotopic (exact) mass is 331 g/mol. The normalized spacial score (nSPS) is 17.4. The second kappa shape index (κ2) is 6.89. The molecule has 0 saturated carbocycles. The Bertz CT molecular complexity index is 613. The van der Waals surface area contributed by atoms with Crippen LogP contribution in [0.4, 0.5) is 13.2 Å². The van der Waals surface area contributed by atoms with Crippen molar-refractivity contribution in [2.45, 2.75) is 38.5 Å². The highest BCUT2D eigenvalue weighted by Gasteiger charge is 2.42. The molecule has 0 fully saturated rings. The van der Waals surface area contributed by atoms with Crippen molar-refractivity contribution in [3.8, 4) is 11.5 Å². The largest absolute Gasteiger partial charge is 0.493 e. The van der Waals surface area contributed by atoms with Crippen LogP contribution in [0.5, 0.6) is 11.5 Å². The van der Waals surface area contributed by atoms with Crippen LogP contribution >= 0.6 is 0 Å². The number of oxime groups is 1. The number of methoxy groups -OCH3 is 1. The molecule has 0 bridgehead atoms. The van der Waals surface area contributed by atoms with E-state index in [9.17, 15) is 18.0 Å². The van der Waals surface area contributed by atoms with Crippen molar-refractivity contribution in [2.75, 3.05) is 7.11 Å². The Kier molecular flexibility index (Phi) is 5.12. The molecule has 1 aromatic carbocycles. The zero-order valence-corrected chi connectivity index (χ0v) is 12.6. The lowest BCUT2D eigenvalue weighted by molar-refractivity contribution is -0.134. The summed E-state index contributed by atoms with van der Waals surface area (Å²) in [5.74, 6) is 0.0547. The van der Waals surface area contributed by atoms with E-state index in [1.807, 2.05) is 6.92 Å². The van der Waals surface area contributed by atoms with E-state index in [1.54, 1.807) is 0 Å². The highest BCUT2D eigenvalue weighted by atomic mass is 19.4. The van der Waals surface area contributed by atoms with E-state index in [0.29, 0.717) is 12.0 Å². The molecule has 1 aliphatic heterocycles. The molecule has 0 saturated heterocycles. The molecule has 0 N–H and O–H groups in total.